The molecule has 0 heterocycles. The molecule has 2 aromatic carbocycles. The first-order valence-corrected chi connectivity index (χ1v) is 18.4. The topological polar surface area (TPSA) is 52.6 Å². The Balaban J connectivity index is 2.09. The standard InChI is InChI=1S/C40H64O4/c1-5-9-13-16-17-20-26-34(25-19-15-11-7-3)32-44-40(42)37-30-22-28-35-27-21-29-36(38(35)37)39(41)43-31-33(23-12-8-4)24-18-14-10-6-2/h21-22,27-30,33-34H,5-20,23-26,31-32H2,1-4H3. The highest BCUT2D eigenvalue weighted by Gasteiger charge is 2.21. The van der Waals surface area contributed by atoms with Gasteiger partial charge in [0.15, 0.2) is 0 Å². The number of fused-ring (bicyclic) bond motifs is 1. The van der Waals surface area contributed by atoms with Crippen LogP contribution in [-0.2, 0) is 9.47 Å². The van der Waals surface area contributed by atoms with Crippen molar-refractivity contribution in [2.24, 2.45) is 11.8 Å². The smallest absolute Gasteiger partial charge is 0.338 e. The van der Waals surface area contributed by atoms with Crippen molar-refractivity contribution < 1.29 is 19.1 Å². The molecule has 2 unspecified atom stereocenters. The van der Waals surface area contributed by atoms with Crippen LogP contribution in [0.5, 0.6) is 0 Å². The molecule has 4 heteroatoms. The van der Waals surface area contributed by atoms with Gasteiger partial charge in [0, 0.05) is 5.39 Å². The maximum Gasteiger partial charge on any atom is 0.338 e. The van der Waals surface area contributed by atoms with Gasteiger partial charge >= 0.3 is 11.9 Å². The van der Waals surface area contributed by atoms with Gasteiger partial charge in [0.1, 0.15) is 0 Å². The van der Waals surface area contributed by atoms with Crippen LogP contribution in [-0.4, -0.2) is 25.2 Å². The van der Waals surface area contributed by atoms with E-state index in [1.54, 1.807) is 12.1 Å². The third-order valence-corrected chi connectivity index (χ3v) is 9.11. The number of esters is 2. The molecule has 0 amide bonds. The molecule has 2 aromatic rings. The third kappa shape index (κ3) is 14.6. The molecule has 0 radical (unpaired) electrons. The van der Waals surface area contributed by atoms with Crippen LogP contribution >= 0.6 is 0 Å². The van der Waals surface area contributed by atoms with Gasteiger partial charge in [-0.2, -0.15) is 0 Å². The lowest BCUT2D eigenvalue weighted by Crippen LogP contribution is -2.17. The van der Waals surface area contributed by atoms with Crippen LogP contribution in [0.4, 0.5) is 0 Å². The molecule has 0 N–H and O–H groups in total. The number of ether oxygens (including phenoxy) is 2. The lowest BCUT2D eigenvalue weighted by Gasteiger charge is -2.19. The molecular formula is C40H64O4. The van der Waals surface area contributed by atoms with E-state index >= 15 is 0 Å². The largest absolute Gasteiger partial charge is 0.462 e. The summed E-state index contributed by atoms with van der Waals surface area (Å²) in [6.45, 7) is 9.81. The Bertz CT molecular complexity index is 1040. The number of hydrogen-bond donors (Lipinski definition) is 0. The number of carbonyl (C=O) groups is 2. The van der Waals surface area contributed by atoms with Crippen molar-refractivity contribution in [3.63, 3.8) is 0 Å². The summed E-state index contributed by atoms with van der Waals surface area (Å²) in [5.74, 6) is 0.0896. The monoisotopic (exact) mass is 608 g/mol. The highest BCUT2D eigenvalue weighted by molar-refractivity contribution is 6.13. The van der Waals surface area contributed by atoms with Crippen molar-refractivity contribution in [3.05, 3.63) is 47.5 Å². The molecule has 0 aliphatic carbocycles. The number of unbranched alkanes of at least 4 members (excludes halogenated alkanes) is 12. The van der Waals surface area contributed by atoms with Crippen molar-refractivity contribution in [2.75, 3.05) is 13.2 Å². The van der Waals surface area contributed by atoms with Gasteiger partial charge in [-0.05, 0) is 55.0 Å². The summed E-state index contributed by atoms with van der Waals surface area (Å²) >= 11 is 0. The fourth-order valence-corrected chi connectivity index (χ4v) is 6.27. The van der Waals surface area contributed by atoms with E-state index in [9.17, 15) is 9.59 Å². The summed E-state index contributed by atoms with van der Waals surface area (Å²) in [5.41, 5.74) is 0.917. The molecule has 0 aliphatic heterocycles. The minimum Gasteiger partial charge on any atom is -0.462 e. The molecule has 0 aliphatic rings. The average Bonchev–Trinajstić information content (AvgIpc) is 3.04. The number of hydrogen-bond acceptors (Lipinski definition) is 4. The molecule has 2 rings (SSSR count). The zero-order chi connectivity index (χ0) is 31.8. The second-order valence-corrected chi connectivity index (χ2v) is 13.0. The van der Waals surface area contributed by atoms with Crippen molar-refractivity contribution in [1.82, 2.24) is 0 Å². The fraction of sp³-hybridized carbons (Fsp3) is 0.700. The van der Waals surface area contributed by atoms with E-state index in [-0.39, 0.29) is 11.9 Å². The minimum absolute atomic E-state index is 0.339. The molecule has 0 saturated heterocycles. The molecule has 0 fully saturated rings. The zero-order valence-corrected chi connectivity index (χ0v) is 28.8. The predicted octanol–water partition coefficient (Wildman–Crippen LogP) is 12.3. The van der Waals surface area contributed by atoms with Crippen LogP contribution in [0.2, 0.25) is 0 Å². The van der Waals surface area contributed by atoms with Crippen molar-refractivity contribution in [3.8, 4) is 0 Å². The summed E-state index contributed by atoms with van der Waals surface area (Å²) in [4.78, 5) is 27.0. The molecule has 44 heavy (non-hydrogen) atoms. The SMILES string of the molecule is CCCCCCCCC(CCCCCC)COC(=O)c1cccc2cccc(C(=O)OCC(CCCC)CCCCCC)c12. The lowest BCUT2D eigenvalue weighted by molar-refractivity contribution is 0.0424. The van der Waals surface area contributed by atoms with E-state index in [1.165, 1.54) is 89.9 Å². The van der Waals surface area contributed by atoms with Crippen LogP contribution in [0.3, 0.4) is 0 Å². The van der Waals surface area contributed by atoms with Gasteiger partial charge < -0.3 is 9.47 Å². The predicted molar refractivity (Wildman–Crippen MR) is 187 cm³/mol. The Labute approximate surface area is 270 Å². The summed E-state index contributed by atoms with van der Waals surface area (Å²) < 4.78 is 11.9. The molecule has 0 saturated carbocycles. The number of carbonyl (C=O) groups excluding carboxylic acids is 2. The third-order valence-electron chi connectivity index (χ3n) is 9.11. The van der Waals surface area contributed by atoms with Crippen LogP contribution in [0.25, 0.3) is 10.8 Å². The van der Waals surface area contributed by atoms with Gasteiger partial charge in [-0.15, -0.1) is 0 Å². The van der Waals surface area contributed by atoms with Crippen LogP contribution < -0.4 is 0 Å². The Hall–Kier alpha value is -2.36. The van der Waals surface area contributed by atoms with Crippen molar-refractivity contribution in [1.29, 1.82) is 0 Å². The molecule has 2 atom stereocenters. The van der Waals surface area contributed by atoms with Gasteiger partial charge in [-0.1, -0.05) is 155 Å². The Morgan fingerprint density at radius 3 is 1.30 bits per heavy atom. The average molecular weight is 609 g/mol. The second kappa shape index (κ2) is 23.9. The first-order chi connectivity index (χ1) is 21.5. The Kier molecular flexibility index (Phi) is 20.6. The second-order valence-electron chi connectivity index (χ2n) is 13.0. The van der Waals surface area contributed by atoms with Crippen molar-refractivity contribution >= 4 is 22.7 Å². The first kappa shape index (κ1) is 37.8. The Morgan fingerprint density at radius 1 is 0.500 bits per heavy atom. The normalized spacial score (nSPS) is 12.7. The quantitative estimate of drug-likeness (QED) is 0.0787. The van der Waals surface area contributed by atoms with Gasteiger partial charge in [0.2, 0.25) is 0 Å². The van der Waals surface area contributed by atoms with Crippen LogP contribution in [0.15, 0.2) is 36.4 Å². The maximum atomic E-state index is 13.5. The highest BCUT2D eigenvalue weighted by Crippen LogP contribution is 2.27. The molecule has 4 nitrogen and oxygen atoms in total. The number of rotatable bonds is 26. The molecule has 248 valence electrons. The maximum absolute atomic E-state index is 13.5. The van der Waals surface area contributed by atoms with Crippen molar-refractivity contribution in [2.45, 2.75) is 156 Å². The van der Waals surface area contributed by atoms with Gasteiger partial charge in [-0.25, -0.2) is 9.59 Å². The minimum atomic E-state index is -0.345. The highest BCUT2D eigenvalue weighted by atomic mass is 16.5. The van der Waals surface area contributed by atoms with Gasteiger partial charge in [0.25, 0.3) is 0 Å². The summed E-state index contributed by atoms with van der Waals surface area (Å²) in [6.07, 6.45) is 24.1. The number of benzene rings is 2. The lowest BCUT2D eigenvalue weighted by atomic mass is 9.95. The van der Waals surface area contributed by atoms with Gasteiger partial charge in [-0.3, -0.25) is 0 Å². The Morgan fingerprint density at radius 2 is 0.864 bits per heavy atom. The fourth-order valence-electron chi connectivity index (χ4n) is 6.27. The molecular weight excluding hydrogens is 544 g/mol. The summed E-state index contributed by atoms with van der Waals surface area (Å²) in [6, 6.07) is 11.2. The zero-order valence-electron chi connectivity index (χ0n) is 28.8. The van der Waals surface area contributed by atoms with Crippen LogP contribution in [0.1, 0.15) is 177 Å². The first-order valence-electron chi connectivity index (χ1n) is 18.4. The van der Waals surface area contributed by atoms with E-state index < -0.39 is 0 Å². The van der Waals surface area contributed by atoms with E-state index in [0.29, 0.717) is 41.6 Å². The summed E-state index contributed by atoms with van der Waals surface area (Å²) in [7, 11) is 0. The molecule has 0 aromatic heterocycles. The molecule has 0 bridgehead atoms. The van der Waals surface area contributed by atoms with E-state index in [2.05, 4.69) is 27.7 Å². The van der Waals surface area contributed by atoms with Gasteiger partial charge in [0.05, 0.1) is 24.3 Å². The molecule has 0 spiro atoms. The van der Waals surface area contributed by atoms with Crippen LogP contribution in [0, 0.1) is 11.8 Å². The summed E-state index contributed by atoms with van der Waals surface area (Å²) in [5, 5.41) is 1.51. The van der Waals surface area contributed by atoms with E-state index in [0.717, 1.165) is 43.9 Å². The van der Waals surface area contributed by atoms with E-state index in [1.807, 2.05) is 24.3 Å². The van der Waals surface area contributed by atoms with E-state index in [4.69, 9.17) is 9.47 Å².